The van der Waals surface area contributed by atoms with E-state index in [4.69, 9.17) is 5.11 Å². The number of aromatic carboxylic acids is 1. The number of benzene rings is 1. The number of hydrogen-bond donors (Lipinski definition) is 1. The molecule has 0 aromatic heterocycles. The van der Waals surface area contributed by atoms with E-state index < -0.39 is 5.97 Å². The SMILES string of the molecule is CC(=O)SCCC#Cc1cc(C(=O)O)ccc1C. The molecule has 0 aliphatic carbocycles. The lowest BCUT2D eigenvalue weighted by atomic mass is 10.1. The summed E-state index contributed by atoms with van der Waals surface area (Å²) < 4.78 is 0. The molecular formula is C14H14O3S. The molecule has 3 nitrogen and oxygen atoms in total. The van der Waals surface area contributed by atoms with Gasteiger partial charge in [0.05, 0.1) is 5.56 Å². The van der Waals surface area contributed by atoms with Gasteiger partial charge in [0.25, 0.3) is 0 Å². The van der Waals surface area contributed by atoms with E-state index in [2.05, 4.69) is 11.8 Å². The van der Waals surface area contributed by atoms with Gasteiger partial charge in [-0.2, -0.15) is 0 Å². The van der Waals surface area contributed by atoms with Gasteiger partial charge < -0.3 is 5.11 Å². The Bertz CT molecular complexity index is 524. The van der Waals surface area contributed by atoms with Gasteiger partial charge in [0.1, 0.15) is 0 Å². The van der Waals surface area contributed by atoms with Crippen LogP contribution in [0.25, 0.3) is 0 Å². The Morgan fingerprint density at radius 1 is 1.39 bits per heavy atom. The minimum atomic E-state index is -0.954. The molecule has 0 radical (unpaired) electrons. The van der Waals surface area contributed by atoms with Crippen LogP contribution in [0.2, 0.25) is 0 Å². The lowest BCUT2D eigenvalue weighted by molar-refractivity contribution is -0.109. The van der Waals surface area contributed by atoms with Gasteiger partial charge in [-0.1, -0.05) is 29.7 Å². The lowest BCUT2D eigenvalue weighted by Gasteiger charge is -1.99. The molecule has 0 spiro atoms. The van der Waals surface area contributed by atoms with Gasteiger partial charge in [0, 0.05) is 24.7 Å². The summed E-state index contributed by atoms with van der Waals surface area (Å²) in [7, 11) is 0. The van der Waals surface area contributed by atoms with E-state index >= 15 is 0 Å². The van der Waals surface area contributed by atoms with E-state index in [0.717, 1.165) is 11.1 Å². The van der Waals surface area contributed by atoms with Crippen molar-refractivity contribution in [3.63, 3.8) is 0 Å². The Balaban J connectivity index is 2.71. The Labute approximate surface area is 111 Å². The zero-order valence-corrected chi connectivity index (χ0v) is 11.1. The van der Waals surface area contributed by atoms with Gasteiger partial charge in [-0.05, 0) is 24.6 Å². The first-order chi connectivity index (χ1) is 8.50. The number of carbonyl (C=O) groups is 2. The first-order valence-electron chi connectivity index (χ1n) is 5.47. The molecule has 1 N–H and O–H groups in total. The fourth-order valence-electron chi connectivity index (χ4n) is 1.29. The van der Waals surface area contributed by atoms with Crippen LogP contribution < -0.4 is 0 Å². The highest BCUT2D eigenvalue weighted by molar-refractivity contribution is 8.13. The number of carboxylic acid groups (broad SMARTS) is 1. The van der Waals surface area contributed by atoms with Gasteiger partial charge in [0.15, 0.2) is 5.12 Å². The molecule has 0 atom stereocenters. The number of carbonyl (C=O) groups excluding carboxylic acids is 1. The molecule has 0 aliphatic rings. The maximum Gasteiger partial charge on any atom is 0.335 e. The van der Waals surface area contributed by atoms with E-state index in [9.17, 15) is 9.59 Å². The second kappa shape index (κ2) is 6.87. The van der Waals surface area contributed by atoms with Crippen molar-refractivity contribution >= 4 is 22.8 Å². The molecule has 0 unspecified atom stereocenters. The Morgan fingerprint density at radius 2 is 2.11 bits per heavy atom. The van der Waals surface area contributed by atoms with Gasteiger partial charge >= 0.3 is 5.97 Å². The van der Waals surface area contributed by atoms with Crippen LogP contribution in [0.3, 0.4) is 0 Å². The first-order valence-corrected chi connectivity index (χ1v) is 6.45. The summed E-state index contributed by atoms with van der Waals surface area (Å²) in [6, 6.07) is 4.88. The molecule has 1 aromatic carbocycles. The highest BCUT2D eigenvalue weighted by Gasteiger charge is 2.04. The third-order valence-corrected chi connectivity index (χ3v) is 3.05. The van der Waals surface area contributed by atoms with Crippen molar-refractivity contribution in [2.45, 2.75) is 20.3 Å². The van der Waals surface area contributed by atoms with Crippen molar-refractivity contribution < 1.29 is 14.7 Å². The third kappa shape index (κ3) is 4.64. The van der Waals surface area contributed by atoms with E-state index in [0.29, 0.717) is 12.2 Å². The molecule has 4 heteroatoms. The van der Waals surface area contributed by atoms with Crippen LogP contribution >= 0.6 is 11.8 Å². The van der Waals surface area contributed by atoms with Crippen LogP contribution in [0.5, 0.6) is 0 Å². The normalized spacial score (nSPS) is 9.44. The van der Waals surface area contributed by atoms with Gasteiger partial charge in [-0.15, -0.1) is 0 Å². The second-order valence-electron chi connectivity index (χ2n) is 3.73. The van der Waals surface area contributed by atoms with Crippen LogP contribution in [-0.2, 0) is 4.79 Å². The van der Waals surface area contributed by atoms with E-state index in [1.807, 2.05) is 6.92 Å². The van der Waals surface area contributed by atoms with Crippen LogP contribution in [0.4, 0.5) is 0 Å². The van der Waals surface area contributed by atoms with Gasteiger partial charge in [0.2, 0.25) is 0 Å². The summed E-state index contributed by atoms with van der Waals surface area (Å²) in [4.78, 5) is 21.5. The fraction of sp³-hybridized carbons (Fsp3) is 0.286. The number of hydrogen-bond acceptors (Lipinski definition) is 3. The lowest BCUT2D eigenvalue weighted by Crippen LogP contribution is -1.97. The Kier molecular flexibility index (Phi) is 5.47. The Morgan fingerprint density at radius 3 is 2.72 bits per heavy atom. The number of aryl methyl sites for hydroxylation is 1. The highest BCUT2D eigenvalue weighted by Crippen LogP contribution is 2.10. The highest BCUT2D eigenvalue weighted by atomic mass is 32.2. The molecule has 0 aliphatic heterocycles. The van der Waals surface area contributed by atoms with Crippen LogP contribution in [0.1, 0.15) is 34.8 Å². The van der Waals surface area contributed by atoms with Gasteiger partial charge in [-0.3, -0.25) is 4.79 Å². The van der Waals surface area contributed by atoms with Crippen molar-refractivity contribution in [3.05, 3.63) is 34.9 Å². The zero-order chi connectivity index (χ0) is 13.5. The first kappa shape index (κ1) is 14.3. The van der Waals surface area contributed by atoms with Crippen molar-refractivity contribution in [2.75, 3.05) is 5.75 Å². The number of carboxylic acids is 1. The molecule has 0 saturated carbocycles. The smallest absolute Gasteiger partial charge is 0.335 e. The molecule has 0 saturated heterocycles. The summed E-state index contributed by atoms with van der Waals surface area (Å²) in [6.07, 6.45) is 0.612. The zero-order valence-electron chi connectivity index (χ0n) is 10.3. The molecule has 1 rings (SSSR count). The molecule has 94 valence electrons. The van der Waals surface area contributed by atoms with Crippen molar-refractivity contribution in [2.24, 2.45) is 0 Å². The maximum atomic E-state index is 10.8. The van der Waals surface area contributed by atoms with Crippen molar-refractivity contribution in [1.29, 1.82) is 0 Å². The summed E-state index contributed by atoms with van der Waals surface area (Å²) >= 11 is 1.24. The predicted octanol–water partition coefficient (Wildman–Crippen LogP) is 2.71. The van der Waals surface area contributed by atoms with Crippen LogP contribution in [0, 0.1) is 18.8 Å². The standard InChI is InChI=1S/C14H14O3S/c1-10-6-7-13(14(16)17)9-12(10)5-3-4-8-18-11(2)15/h6-7,9H,4,8H2,1-2H3,(H,16,17). The van der Waals surface area contributed by atoms with E-state index in [1.54, 1.807) is 18.2 Å². The van der Waals surface area contributed by atoms with Crippen molar-refractivity contribution in [3.8, 4) is 11.8 Å². The largest absolute Gasteiger partial charge is 0.478 e. The topological polar surface area (TPSA) is 54.4 Å². The van der Waals surface area contributed by atoms with Crippen molar-refractivity contribution in [1.82, 2.24) is 0 Å². The van der Waals surface area contributed by atoms with Crippen LogP contribution in [0.15, 0.2) is 18.2 Å². The quantitative estimate of drug-likeness (QED) is 0.672. The molecule has 0 fully saturated rings. The fourth-order valence-corrected chi connectivity index (χ4v) is 1.78. The predicted molar refractivity (Wildman–Crippen MR) is 72.8 cm³/mol. The van der Waals surface area contributed by atoms with E-state index in [-0.39, 0.29) is 10.7 Å². The molecule has 0 amide bonds. The van der Waals surface area contributed by atoms with E-state index in [1.165, 1.54) is 18.7 Å². The summed E-state index contributed by atoms with van der Waals surface area (Å²) in [5.41, 5.74) is 1.91. The minimum Gasteiger partial charge on any atom is -0.478 e. The summed E-state index contributed by atoms with van der Waals surface area (Å²) in [6.45, 7) is 3.42. The maximum absolute atomic E-state index is 10.8. The molecule has 0 bridgehead atoms. The Hall–Kier alpha value is -1.73. The molecule has 1 aromatic rings. The number of thioether (sulfide) groups is 1. The van der Waals surface area contributed by atoms with Crippen LogP contribution in [-0.4, -0.2) is 21.9 Å². The third-order valence-electron chi connectivity index (χ3n) is 2.24. The monoisotopic (exact) mass is 262 g/mol. The summed E-state index contributed by atoms with van der Waals surface area (Å²) in [5.74, 6) is 5.61. The second-order valence-corrected chi connectivity index (χ2v) is 5.00. The molecular weight excluding hydrogens is 248 g/mol. The summed E-state index contributed by atoms with van der Waals surface area (Å²) in [5, 5.41) is 8.97. The average Bonchev–Trinajstić information content (AvgIpc) is 2.30. The molecule has 18 heavy (non-hydrogen) atoms. The van der Waals surface area contributed by atoms with Gasteiger partial charge in [-0.25, -0.2) is 4.79 Å². The minimum absolute atomic E-state index is 0.0841. The average molecular weight is 262 g/mol. The molecule has 0 heterocycles. The number of rotatable bonds is 3.